The highest BCUT2D eigenvalue weighted by atomic mass is 16.5. The van der Waals surface area contributed by atoms with Gasteiger partial charge in [-0.15, -0.1) is 0 Å². The maximum absolute atomic E-state index is 14.8. The van der Waals surface area contributed by atoms with Crippen molar-refractivity contribution in [3.8, 4) is 0 Å². The van der Waals surface area contributed by atoms with Gasteiger partial charge in [-0.3, -0.25) is 19.2 Å². The van der Waals surface area contributed by atoms with Gasteiger partial charge in [0, 0.05) is 25.2 Å². The van der Waals surface area contributed by atoms with Gasteiger partial charge in [0.15, 0.2) is 0 Å². The fraction of sp³-hybridized carbons (Fsp3) is 0.412. The Kier molecular flexibility index (Phi) is 8.13. The third-order valence-electron chi connectivity index (χ3n) is 9.13. The first-order valence-electron chi connectivity index (χ1n) is 15.1. The molecule has 6 atom stereocenters. The molecule has 1 spiro atoms. The van der Waals surface area contributed by atoms with E-state index in [1.807, 2.05) is 74.5 Å². The number of esters is 1. The van der Waals surface area contributed by atoms with Crippen LogP contribution in [-0.4, -0.2) is 77.7 Å². The maximum Gasteiger partial charge on any atom is 0.306 e. The number of anilines is 1. The van der Waals surface area contributed by atoms with Crippen molar-refractivity contribution in [1.82, 2.24) is 10.2 Å². The number of amides is 3. The molecule has 0 saturated carbocycles. The van der Waals surface area contributed by atoms with E-state index in [2.05, 4.69) is 5.32 Å². The average Bonchev–Trinajstić information content (AvgIpc) is 3.65. The number of benzene rings is 2. The van der Waals surface area contributed by atoms with Gasteiger partial charge in [-0.05, 0) is 37.0 Å². The molecule has 2 N–H and O–H groups in total. The monoisotopic (exact) mass is 599 g/mol. The van der Waals surface area contributed by atoms with Crippen LogP contribution < -0.4 is 10.2 Å². The first-order valence-corrected chi connectivity index (χ1v) is 15.1. The standard InChI is InChI=1S/C34H37N3O7/c1-21-10-9-11-22(2)29(21)36-17-8-4-7-14-26(39)43-20-24(23-12-5-3-6-13-23)35-31(40)27-25-15-16-34(44-25)28(27)32(41)37(18-19-38)30(34)33(36)42/h3-6,8-13,15-16,24-25,27-28,30,38H,7,14,17-20H2,1-2H3,(H,35,40)/b8-4-/t24-,25-,27+,28+,30-,34+/m0/s1. The SMILES string of the molecule is Cc1cccc(C)c1N1C/C=C\CCC(=O)OC[C@@H](c2ccccc2)NC(=O)[C@@H]2[C@@H]3C=C[C@]4(O3)[C@H](C1=O)N(CCO)C(=O)[C@@H]24. The summed E-state index contributed by atoms with van der Waals surface area (Å²) < 4.78 is 12.1. The van der Waals surface area contributed by atoms with E-state index in [4.69, 9.17) is 9.47 Å². The lowest BCUT2D eigenvalue weighted by Gasteiger charge is -2.36. The number of aliphatic hydroxyl groups is 1. The lowest BCUT2D eigenvalue weighted by atomic mass is 9.74. The molecule has 0 aromatic heterocycles. The second kappa shape index (κ2) is 12.0. The number of likely N-dealkylation sites (tertiary alicyclic amines) is 1. The van der Waals surface area contributed by atoms with Crippen LogP contribution in [0.25, 0.3) is 0 Å². The lowest BCUT2D eigenvalue weighted by molar-refractivity contribution is -0.145. The Morgan fingerprint density at radius 3 is 2.45 bits per heavy atom. The minimum atomic E-state index is -1.38. The smallest absolute Gasteiger partial charge is 0.306 e. The van der Waals surface area contributed by atoms with Crippen molar-refractivity contribution in [2.24, 2.45) is 11.8 Å². The number of rotatable bonds is 4. The highest BCUT2D eigenvalue weighted by Crippen LogP contribution is 2.55. The van der Waals surface area contributed by atoms with Gasteiger partial charge in [0.05, 0.1) is 30.6 Å². The van der Waals surface area contributed by atoms with Crippen LogP contribution in [0, 0.1) is 25.7 Å². The number of carbonyl (C=O) groups is 4. The minimum Gasteiger partial charge on any atom is -0.463 e. The summed E-state index contributed by atoms with van der Waals surface area (Å²) in [6, 6.07) is 13.2. The number of hydrogen-bond donors (Lipinski definition) is 2. The van der Waals surface area contributed by atoms with Crippen molar-refractivity contribution in [1.29, 1.82) is 0 Å². The Balaban J connectivity index is 1.44. The van der Waals surface area contributed by atoms with Crippen LogP contribution in [0.1, 0.15) is 35.6 Å². The lowest BCUT2D eigenvalue weighted by Crippen LogP contribution is -2.56. The summed E-state index contributed by atoms with van der Waals surface area (Å²) in [5.41, 5.74) is 1.84. The molecule has 2 aromatic carbocycles. The van der Waals surface area contributed by atoms with Crippen molar-refractivity contribution in [3.63, 3.8) is 0 Å². The van der Waals surface area contributed by atoms with Crippen LogP contribution in [0.15, 0.2) is 72.8 Å². The summed E-state index contributed by atoms with van der Waals surface area (Å²) in [5, 5.41) is 13.0. The predicted molar refractivity (Wildman–Crippen MR) is 161 cm³/mol. The molecule has 5 bridgehead atoms. The van der Waals surface area contributed by atoms with Gasteiger partial charge >= 0.3 is 5.97 Å². The molecular weight excluding hydrogens is 562 g/mol. The number of hydrogen-bond acceptors (Lipinski definition) is 7. The number of para-hydroxylation sites is 1. The topological polar surface area (TPSA) is 125 Å². The molecular formula is C34H37N3O7. The Morgan fingerprint density at radius 2 is 1.73 bits per heavy atom. The zero-order valence-electron chi connectivity index (χ0n) is 24.8. The summed E-state index contributed by atoms with van der Waals surface area (Å²) in [7, 11) is 0. The molecule has 2 saturated heterocycles. The third-order valence-corrected chi connectivity index (χ3v) is 9.13. The number of ether oxygens (including phenoxy) is 2. The van der Waals surface area contributed by atoms with Crippen molar-refractivity contribution in [2.45, 2.75) is 50.5 Å². The van der Waals surface area contributed by atoms with Crippen LogP contribution in [-0.2, 0) is 28.7 Å². The Labute approximate surface area is 256 Å². The molecule has 230 valence electrons. The van der Waals surface area contributed by atoms with Crippen molar-refractivity contribution >= 4 is 29.4 Å². The van der Waals surface area contributed by atoms with Crippen LogP contribution in [0.4, 0.5) is 5.69 Å². The number of nitrogens with one attached hydrogen (secondary N) is 1. The predicted octanol–water partition coefficient (Wildman–Crippen LogP) is 2.53. The second-order valence-corrected chi connectivity index (χ2v) is 11.8. The molecule has 2 fully saturated rings. The molecule has 44 heavy (non-hydrogen) atoms. The number of allylic oxidation sites excluding steroid dienone is 1. The highest BCUT2D eigenvalue weighted by Gasteiger charge is 2.73. The number of nitrogens with zero attached hydrogens (tertiary/aromatic N) is 2. The van der Waals surface area contributed by atoms with Crippen molar-refractivity contribution < 1.29 is 33.8 Å². The van der Waals surface area contributed by atoms with E-state index in [0.29, 0.717) is 12.1 Å². The summed E-state index contributed by atoms with van der Waals surface area (Å²) in [5.74, 6) is -3.51. The average molecular weight is 600 g/mol. The highest BCUT2D eigenvalue weighted by molar-refractivity contribution is 6.06. The molecule has 6 rings (SSSR count). The van der Waals surface area contributed by atoms with E-state index < -0.39 is 53.4 Å². The molecule has 0 radical (unpaired) electrons. The summed E-state index contributed by atoms with van der Waals surface area (Å²) >= 11 is 0. The van der Waals surface area contributed by atoms with Crippen LogP contribution in [0.2, 0.25) is 0 Å². The molecule has 2 aromatic rings. The normalized spacial score (nSPS) is 31.2. The Morgan fingerprint density at radius 1 is 0.977 bits per heavy atom. The number of aliphatic hydroxyl groups excluding tert-OH is 1. The minimum absolute atomic E-state index is 0.0752. The first-order chi connectivity index (χ1) is 21.3. The first kappa shape index (κ1) is 29.8. The van der Waals surface area contributed by atoms with Gasteiger partial charge in [-0.1, -0.05) is 72.8 Å². The van der Waals surface area contributed by atoms with E-state index in [-0.39, 0.29) is 38.6 Å². The molecule has 10 heteroatoms. The zero-order valence-corrected chi connectivity index (χ0v) is 24.8. The van der Waals surface area contributed by atoms with E-state index >= 15 is 0 Å². The fourth-order valence-electron chi connectivity index (χ4n) is 7.19. The summed E-state index contributed by atoms with van der Waals surface area (Å²) in [6.45, 7) is 3.52. The van der Waals surface area contributed by atoms with Crippen LogP contribution in [0.5, 0.6) is 0 Å². The molecule has 3 amide bonds. The van der Waals surface area contributed by atoms with E-state index in [9.17, 15) is 24.3 Å². The van der Waals surface area contributed by atoms with Gasteiger partial charge in [0.2, 0.25) is 11.8 Å². The quantitative estimate of drug-likeness (QED) is 0.409. The van der Waals surface area contributed by atoms with Gasteiger partial charge in [-0.2, -0.15) is 0 Å². The number of fused-ring (bicyclic) bond motifs is 2. The van der Waals surface area contributed by atoms with Gasteiger partial charge < -0.3 is 29.7 Å². The third kappa shape index (κ3) is 5.01. The summed E-state index contributed by atoms with van der Waals surface area (Å²) in [4.78, 5) is 58.6. The Bertz CT molecular complexity index is 1500. The van der Waals surface area contributed by atoms with Gasteiger partial charge in [0.1, 0.15) is 18.2 Å². The molecule has 4 aliphatic rings. The Hall–Kier alpha value is -4.28. The largest absolute Gasteiger partial charge is 0.463 e. The zero-order chi connectivity index (χ0) is 31.0. The van der Waals surface area contributed by atoms with E-state index in [1.165, 1.54) is 4.90 Å². The molecule has 10 nitrogen and oxygen atoms in total. The number of aryl methyl sites for hydroxylation is 2. The van der Waals surface area contributed by atoms with Crippen LogP contribution in [0.3, 0.4) is 0 Å². The molecule has 0 unspecified atom stereocenters. The molecule has 0 aliphatic carbocycles. The van der Waals surface area contributed by atoms with Crippen LogP contribution >= 0.6 is 0 Å². The second-order valence-electron chi connectivity index (χ2n) is 11.8. The molecule has 4 aliphatic heterocycles. The van der Waals surface area contributed by atoms with Crippen molar-refractivity contribution in [2.75, 3.05) is 31.2 Å². The van der Waals surface area contributed by atoms with E-state index in [0.717, 1.165) is 16.7 Å². The van der Waals surface area contributed by atoms with Crippen molar-refractivity contribution in [3.05, 3.63) is 89.5 Å². The van der Waals surface area contributed by atoms with E-state index in [1.54, 1.807) is 17.1 Å². The number of β-amino-alcohol motifs (C(OH)–C–C–N with tert-alkyl or cyclic N) is 1. The van der Waals surface area contributed by atoms with Gasteiger partial charge in [-0.25, -0.2) is 0 Å². The summed E-state index contributed by atoms with van der Waals surface area (Å²) in [6.07, 6.45) is 7.00. The molecule has 4 heterocycles. The maximum atomic E-state index is 14.8. The fourth-order valence-corrected chi connectivity index (χ4v) is 7.19. The van der Waals surface area contributed by atoms with Gasteiger partial charge in [0.25, 0.3) is 5.91 Å². The number of carbonyl (C=O) groups excluding carboxylic acids is 4. The number of cyclic esters (lactones) is 1.